The van der Waals surface area contributed by atoms with Crippen molar-refractivity contribution in [1.82, 2.24) is 4.98 Å². The summed E-state index contributed by atoms with van der Waals surface area (Å²) in [7, 11) is 0. The fourth-order valence-corrected chi connectivity index (χ4v) is 2.33. The van der Waals surface area contributed by atoms with Crippen molar-refractivity contribution < 1.29 is 9.90 Å². The minimum absolute atomic E-state index is 0.456. The first kappa shape index (κ1) is 14.4. The second-order valence-electron chi connectivity index (χ2n) is 4.72. The number of nitrogen functional groups attached to an aromatic ring is 1. The Hall–Kier alpha value is -2.06. The van der Waals surface area contributed by atoms with Crippen LogP contribution in [0.25, 0.3) is 0 Å². The number of rotatable bonds is 5. The highest BCUT2D eigenvalue weighted by Crippen LogP contribution is 2.27. The van der Waals surface area contributed by atoms with Gasteiger partial charge in [-0.1, -0.05) is 0 Å². The van der Waals surface area contributed by atoms with E-state index < -0.39 is 18.1 Å². The Balaban J connectivity index is 2.26. The number of nitrogens with two attached hydrogens (primary N) is 3. The van der Waals surface area contributed by atoms with Crippen molar-refractivity contribution in [3.63, 3.8) is 0 Å². The molecule has 0 aromatic carbocycles. The molecule has 2 unspecified atom stereocenters. The van der Waals surface area contributed by atoms with Gasteiger partial charge in [0.15, 0.2) is 5.82 Å². The first-order valence-electron chi connectivity index (χ1n) is 6.49. The lowest BCUT2D eigenvalue weighted by Crippen LogP contribution is -2.46. The molecule has 0 aliphatic carbocycles. The molecule has 1 saturated heterocycles. The molecule has 1 aliphatic heterocycles. The van der Waals surface area contributed by atoms with Crippen LogP contribution >= 0.6 is 0 Å². The van der Waals surface area contributed by atoms with Crippen molar-refractivity contribution >= 4 is 23.2 Å². The molecule has 1 aromatic rings. The Morgan fingerprint density at radius 3 is 2.95 bits per heavy atom. The largest absolute Gasteiger partial charge is 0.396 e. The number of amides is 1. The van der Waals surface area contributed by atoms with Gasteiger partial charge in [0.2, 0.25) is 5.91 Å². The van der Waals surface area contributed by atoms with Crippen LogP contribution in [0.1, 0.15) is 6.42 Å². The van der Waals surface area contributed by atoms with Crippen LogP contribution < -0.4 is 27.4 Å². The predicted octanol–water partition coefficient (Wildman–Crippen LogP) is -1.54. The van der Waals surface area contributed by atoms with E-state index in [2.05, 4.69) is 10.3 Å². The second kappa shape index (κ2) is 5.93. The third-order valence-electron chi connectivity index (χ3n) is 3.30. The highest BCUT2D eigenvalue weighted by Gasteiger charge is 2.37. The Labute approximate surface area is 116 Å². The highest BCUT2D eigenvalue weighted by molar-refractivity contribution is 5.85. The Morgan fingerprint density at radius 2 is 2.30 bits per heavy atom. The van der Waals surface area contributed by atoms with E-state index in [1.54, 1.807) is 17.0 Å². The van der Waals surface area contributed by atoms with E-state index >= 15 is 0 Å². The number of pyridine rings is 1. The molecule has 1 aromatic heterocycles. The third-order valence-corrected chi connectivity index (χ3v) is 3.30. The smallest absolute Gasteiger partial charge is 0.242 e. The number of aromatic nitrogens is 1. The molecule has 0 radical (unpaired) electrons. The number of aliphatic hydroxyl groups is 1. The molecule has 2 atom stereocenters. The van der Waals surface area contributed by atoms with Crippen molar-refractivity contribution in [2.24, 2.45) is 11.5 Å². The number of nitrogens with zero attached hydrogens (tertiary/aromatic N) is 2. The Morgan fingerprint density at radius 1 is 1.55 bits per heavy atom. The molecule has 0 spiro atoms. The molecule has 20 heavy (non-hydrogen) atoms. The lowest BCUT2D eigenvalue weighted by molar-refractivity contribution is -0.120. The molecule has 2 heterocycles. The quantitative estimate of drug-likeness (QED) is 0.439. The van der Waals surface area contributed by atoms with Gasteiger partial charge < -0.3 is 32.5 Å². The molecule has 8 nitrogen and oxygen atoms in total. The molecular weight excluding hydrogens is 260 g/mol. The average molecular weight is 280 g/mol. The van der Waals surface area contributed by atoms with Crippen LogP contribution in [0, 0.1) is 0 Å². The van der Waals surface area contributed by atoms with Crippen molar-refractivity contribution in [3.8, 4) is 0 Å². The summed E-state index contributed by atoms with van der Waals surface area (Å²) in [4.78, 5) is 17.5. The van der Waals surface area contributed by atoms with Crippen LogP contribution in [0.3, 0.4) is 0 Å². The lowest BCUT2D eigenvalue weighted by Gasteiger charge is -2.25. The Bertz CT molecular complexity index is 495. The second-order valence-corrected chi connectivity index (χ2v) is 4.72. The zero-order valence-corrected chi connectivity index (χ0v) is 11.1. The summed E-state index contributed by atoms with van der Waals surface area (Å²) in [6, 6.07) is 2.65. The third kappa shape index (κ3) is 2.75. The standard InChI is InChI=1S/C12H20N6O2/c13-4-5-16-12-7(14)1-2-9(17-12)18-6-3-8(19)10(18)11(15)20/h1-2,8,10,19H,3-6,13-14H2,(H2,15,20)(H,16,17). The van der Waals surface area contributed by atoms with Crippen molar-refractivity contribution in [1.29, 1.82) is 0 Å². The monoisotopic (exact) mass is 280 g/mol. The number of hydrogen-bond donors (Lipinski definition) is 5. The van der Waals surface area contributed by atoms with Gasteiger partial charge in [-0.05, 0) is 18.6 Å². The number of anilines is 3. The van der Waals surface area contributed by atoms with Crippen LogP contribution in [0.5, 0.6) is 0 Å². The van der Waals surface area contributed by atoms with E-state index in [9.17, 15) is 9.90 Å². The summed E-state index contributed by atoms with van der Waals surface area (Å²) < 4.78 is 0. The summed E-state index contributed by atoms with van der Waals surface area (Å²) in [5, 5.41) is 12.8. The van der Waals surface area contributed by atoms with Gasteiger partial charge in [-0.15, -0.1) is 0 Å². The SMILES string of the molecule is NCCNc1nc(N2CCC(O)C2C(N)=O)ccc1N. The van der Waals surface area contributed by atoms with E-state index in [0.717, 1.165) is 0 Å². The molecule has 2 rings (SSSR count). The highest BCUT2D eigenvalue weighted by atomic mass is 16.3. The van der Waals surface area contributed by atoms with Gasteiger partial charge in [-0.2, -0.15) is 0 Å². The summed E-state index contributed by atoms with van der Waals surface area (Å²) in [5.74, 6) is 0.502. The van der Waals surface area contributed by atoms with Crippen LogP contribution in [0.15, 0.2) is 12.1 Å². The molecule has 1 fully saturated rings. The number of primary amides is 1. The zero-order chi connectivity index (χ0) is 14.7. The van der Waals surface area contributed by atoms with Gasteiger partial charge in [0.1, 0.15) is 11.9 Å². The van der Waals surface area contributed by atoms with E-state index in [-0.39, 0.29) is 0 Å². The fraction of sp³-hybridized carbons (Fsp3) is 0.500. The van der Waals surface area contributed by atoms with Gasteiger partial charge in [0, 0.05) is 19.6 Å². The number of hydrogen-bond acceptors (Lipinski definition) is 7. The van der Waals surface area contributed by atoms with Gasteiger partial charge in [0.05, 0.1) is 11.8 Å². The first-order valence-corrected chi connectivity index (χ1v) is 6.49. The van der Waals surface area contributed by atoms with E-state index in [4.69, 9.17) is 17.2 Å². The van der Waals surface area contributed by atoms with Crippen LogP contribution in [-0.4, -0.2) is 47.8 Å². The van der Waals surface area contributed by atoms with Gasteiger partial charge in [0.25, 0.3) is 0 Å². The first-order chi connectivity index (χ1) is 9.54. The van der Waals surface area contributed by atoms with E-state index in [1.165, 1.54) is 0 Å². The molecule has 0 bridgehead atoms. The minimum Gasteiger partial charge on any atom is -0.396 e. The van der Waals surface area contributed by atoms with Crippen LogP contribution in [0.2, 0.25) is 0 Å². The van der Waals surface area contributed by atoms with Crippen LogP contribution in [-0.2, 0) is 4.79 Å². The number of nitrogens with one attached hydrogen (secondary N) is 1. The van der Waals surface area contributed by atoms with Gasteiger partial charge in [-0.25, -0.2) is 4.98 Å². The maximum atomic E-state index is 11.5. The molecule has 110 valence electrons. The topological polar surface area (TPSA) is 144 Å². The zero-order valence-electron chi connectivity index (χ0n) is 11.1. The number of aliphatic hydroxyl groups excluding tert-OH is 1. The maximum Gasteiger partial charge on any atom is 0.242 e. The summed E-state index contributed by atoms with van der Waals surface area (Å²) >= 11 is 0. The molecular formula is C12H20N6O2. The molecule has 0 saturated carbocycles. The number of carbonyl (C=O) groups is 1. The van der Waals surface area contributed by atoms with E-state index in [1.807, 2.05) is 0 Å². The lowest BCUT2D eigenvalue weighted by atomic mass is 10.1. The summed E-state index contributed by atoms with van der Waals surface area (Å²) in [6.07, 6.45) is -0.294. The normalized spacial score (nSPS) is 22.0. The number of carbonyl (C=O) groups excluding carboxylic acids is 1. The summed E-state index contributed by atoms with van der Waals surface area (Å²) in [6.45, 7) is 1.52. The summed E-state index contributed by atoms with van der Waals surface area (Å²) in [5.41, 5.74) is 17.1. The average Bonchev–Trinajstić information content (AvgIpc) is 2.80. The fourth-order valence-electron chi connectivity index (χ4n) is 2.33. The van der Waals surface area contributed by atoms with E-state index in [0.29, 0.717) is 43.4 Å². The van der Waals surface area contributed by atoms with Crippen molar-refractivity contribution in [2.75, 3.05) is 35.6 Å². The maximum absolute atomic E-state index is 11.5. The van der Waals surface area contributed by atoms with Crippen molar-refractivity contribution in [2.45, 2.75) is 18.6 Å². The molecule has 1 amide bonds. The Kier molecular flexibility index (Phi) is 4.26. The van der Waals surface area contributed by atoms with Crippen molar-refractivity contribution in [3.05, 3.63) is 12.1 Å². The molecule has 1 aliphatic rings. The molecule has 8 heteroatoms. The molecule has 8 N–H and O–H groups in total. The predicted molar refractivity (Wildman–Crippen MR) is 77.1 cm³/mol. The van der Waals surface area contributed by atoms with Gasteiger partial charge >= 0.3 is 0 Å². The van der Waals surface area contributed by atoms with Gasteiger partial charge in [-0.3, -0.25) is 4.79 Å². The minimum atomic E-state index is -0.771. The van der Waals surface area contributed by atoms with Crippen LogP contribution in [0.4, 0.5) is 17.3 Å².